The molecule has 0 bridgehead atoms. The quantitative estimate of drug-likeness (QED) is 0.607. The third kappa shape index (κ3) is 3.48. The molecule has 3 aromatic rings. The summed E-state index contributed by atoms with van der Waals surface area (Å²) in [5, 5.41) is 2.33. The molecule has 0 aliphatic heterocycles. The van der Waals surface area contributed by atoms with Gasteiger partial charge in [0.25, 0.3) is 0 Å². The van der Waals surface area contributed by atoms with Gasteiger partial charge in [0.15, 0.2) is 11.6 Å². The molecule has 4 N–H and O–H groups in total. The highest BCUT2D eigenvalue weighted by atomic mass is 79.9. The zero-order chi connectivity index (χ0) is 18.1. The summed E-state index contributed by atoms with van der Waals surface area (Å²) in [7, 11) is 0. The van der Waals surface area contributed by atoms with Crippen molar-refractivity contribution in [3.63, 3.8) is 0 Å². The van der Waals surface area contributed by atoms with E-state index in [0.29, 0.717) is 15.8 Å². The highest BCUT2D eigenvalue weighted by molar-refractivity contribution is 9.10. The van der Waals surface area contributed by atoms with Crippen LogP contribution >= 0.6 is 15.9 Å². The summed E-state index contributed by atoms with van der Waals surface area (Å²) in [5.74, 6) is -0.0484. The molecule has 1 atom stereocenters. The van der Waals surface area contributed by atoms with Crippen molar-refractivity contribution in [1.29, 1.82) is 0 Å². The molecule has 3 rings (SSSR count). The average molecular weight is 410 g/mol. The number of H-pyrrole nitrogens is 2. The van der Waals surface area contributed by atoms with Crippen molar-refractivity contribution >= 4 is 21.7 Å². The third-order valence-corrected chi connectivity index (χ3v) is 3.89. The van der Waals surface area contributed by atoms with E-state index in [2.05, 4.69) is 31.0 Å². The van der Waals surface area contributed by atoms with Gasteiger partial charge in [-0.15, -0.1) is 0 Å². The number of benzene rings is 1. The van der Waals surface area contributed by atoms with Crippen molar-refractivity contribution in [2.75, 3.05) is 5.73 Å². The van der Waals surface area contributed by atoms with E-state index in [4.69, 9.17) is 10.5 Å². The molecule has 10 heteroatoms. The maximum atomic E-state index is 13.7. The number of hydrogen-bond donors (Lipinski definition) is 3. The van der Waals surface area contributed by atoms with E-state index in [1.807, 2.05) is 0 Å². The average Bonchev–Trinajstić information content (AvgIpc) is 2.89. The number of nitrogens with zero attached hydrogens (tertiary/aromatic N) is 2. The number of aromatic amines is 2. The van der Waals surface area contributed by atoms with Crippen LogP contribution in [-0.4, -0.2) is 19.7 Å². The van der Waals surface area contributed by atoms with Gasteiger partial charge in [-0.1, -0.05) is 0 Å². The minimum Gasteiger partial charge on any atom is -0.482 e. The number of anilines is 1. The lowest BCUT2D eigenvalue weighted by atomic mass is 10.1. The van der Waals surface area contributed by atoms with E-state index in [1.54, 1.807) is 13.0 Å². The van der Waals surface area contributed by atoms with E-state index in [-0.39, 0.29) is 11.5 Å². The van der Waals surface area contributed by atoms with E-state index in [1.165, 1.54) is 24.4 Å². The number of ether oxygens (including phenoxy) is 1. The lowest BCUT2D eigenvalue weighted by Crippen LogP contribution is -2.19. The molecule has 0 saturated carbocycles. The first-order chi connectivity index (χ1) is 11.8. The first-order valence-corrected chi connectivity index (χ1v) is 7.93. The molecule has 0 spiro atoms. The van der Waals surface area contributed by atoms with Crippen LogP contribution in [0, 0.1) is 5.82 Å². The zero-order valence-electron chi connectivity index (χ0n) is 12.9. The van der Waals surface area contributed by atoms with E-state index < -0.39 is 23.3 Å². The number of rotatable bonds is 4. The molecule has 0 radical (unpaired) electrons. The van der Waals surface area contributed by atoms with Gasteiger partial charge in [-0.3, -0.25) is 4.98 Å². The van der Waals surface area contributed by atoms with Gasteiger partial charge in [0.05, 0.1) is 5.69 Å². The van der Waals surface area contributed by atoms with Gasteiger partial charge in [-0.25, -0.2) is 28.7 Å². The van der Waals surface area contributed by atoms with Crippen LogP contribution in [0.2, 0.25) is 0 Å². The SMILES string of the molecule is CC(Oc1cc(Br)cnc1N)c1cc(F)ccc1-n1[nH]c(=O)[nH]c1=O. The number of hydrogen-bond acceptors (Lipinski definition) is 5. The van der Waals surface area contributed by atoms with Crippen LogP contribution in [0.3, 0.4) is 0 Å². The molecule has 0 aliphatic rings. The summed E-state index contributed by atoms with van der Waals surface area (Å²) in [6, 6.07) is 5.40. The Labute approximate surface area is 148 Å². The minimum absolute atomic E-state index is 0.167. The van der Waals surface area contributed by atoms with Gasteiger partial charge in [0.2, 0.25) is 0 Å². The first kappa shape index (κ1) is 17.0. The fourth-order valence-corrected chi connectivity index (χ4v) is 2.65. The number of nitrogens with one attached hydrogen (secondary N) is 2. The Kier molecular flexibility index (Phi) is 4.45. The van der Waals surface area contributed by atoms with Crippen LogP contribution in [0.5, 0.6) is 5.75 Å². The molecule has 0 fully saturated rings. The third-order valence-electron chi connectivity index (χ3n) is 3.46. The van der Waals surface area contributed by atoms with Crippen molar-refractivity contribution in [2.45, 2.75) is 13.0 Å². The Hall–Kier alpha value is -2.88. The predicted molar refractivity (Wildman–Crippen MR) is 92.4 cm³/mol. The fourth-order valence-electron chi connectivity index (χ4n) is 2.34. The molecular weight excluding hydrogens is 397 g/mol. The summed E-state index contributed by atoms with van der Waals surface area (Å²) >= 11 is 3.27. The molecule has 2 aromatic heterocycles. The second-order valence-corrected chi connectivity index (χ2v) is 6.12. The van der Waals surface area contributed by atoms with Crippen LogP contribution in [0.1, 0.15) is 18.6 Å². The van der Waals surface area contributed by atoms with Crippen molar-refractivity contribution in [3.05, 3.63) is 67.3 Å². The van der Waals surface area contributed by atoms with Crippen molar-refractivity contribution < 1.29 is 9.13 Å². The molecule has 1 aromatic carbocycles. The topological polar surface area (TPSA) is 119 Å². The zero-order valence-corrected chi connectivity index (χ0v) is 14.5. The van der Waals surface area contributed by atoms with Gasteiger partial charge in [-0.05, 0) is 47.1 Å². The van der Waals surface area contributed by atoms with Crippen molar-refractivity contribution in [3.8, 4) is 11.4 Å². The van der Waals surface area contributed by atoms with E-state index in [9.17, 15) is 14.0 Å². The van der Waals surface area contributed by atoms with Gasteiger partial charge >= 0.3 is 11.4 Å². The maximum absolute atomic E-state index is 13.7. The van der Waals surface area contributed by atoms with Crippen LogP contribution in [-0.2, 0) is 0 Å². The number of halogens is 2. The maximum Gasteiger partial charge on any atom is 0.349 e. The number of nitrogen functional groups attached to an aromatic ring is 1. The molecule has 130 valence electrons. The number of aromatic nitrogens is 4. The summed E-state index contributed by atoms with van der Waals surface area (Å²) in [6.07, 6.45) is 0.833. The molecule has 0 amide bonds. The normalized spacial score (nSPS) is 12.1. The second-order valence-electron chi connectivity index (χ2n) is 5.21. The first-order valence-electron chi connectivity index (χ1n) is 7.14. The Morgan fingerprint density at radius 3 is 2.80 bits per heavy atom. The van der Waals surface area contributed by atoms with Crippen LogP contribution in [0.25, 0.3) is 5.69 Å². The monoisotopic (exact) mass is 409 g/mol. The molecule has 0 aliphatic carbocycles. The van der Waals surface area contributed by atoms with Crippen molar-refractivity contribution in [2.24, 2.45) is 0 Å². The molecule has 0 saturated heterocycles. The standard InChI is InChI=1S/C15H13BrFN5O3/c1-7(25-12-4-8(16)6-19-13(12)18)10-5-9(17)2-3-11(10)22-15(24)20-14(23)21-22/h2-7H,1H3,(H2,18,19)(H2,20,21,23,24). The van der Waals surface area contributed by atoms with Gasteiger partial charge in [0.1, 0.15) is 11.9 Å². The summed E-state index contributed by atoms with van der Waals surface area (Å²) in [5.41, 5.74) is 5.06. The highest BCUT2D eigenvalue weighted by Gasteiger charge is 2.18. The second kappa shape index (κ2) is 6.55. The Morgan fingerprint density at radius 1 is 1.36 bits per heavy atom. The lowest BCUT2D eigenvalue weighted by molar-refractivity contribution is 0.226. The van der Waals surface area contributed by atoms with Crippen LogP contribution < -0.4 is 21.9 Å². The minimum atomic E-state index is -0.686. The Morgan fingerprint density at radius 2 is 2.12 bits per heavy atom. The molecule has 1 unspecified atom stereocenters. The molecule has 8 nitrogen and oxygen atoms in total. The summed E-state index contributed by atoms with van der Waals surface area (Å²) in [6.45, 7) is 1.66. The van der Waals surface area contributed by atoms with Crippen molar-refractivity contribution in [1.82, 2.24) is 19.7 Å². The lowest BCUT2D eigenvalue weighted by Gasteiger charge is -2.19. The molecular formula is C15H13BrFN5O3. The molecule has 25 heavy (non-hydrogen) atoms. The van der Waals surface area contributed by atoms with Gasteiger partial charge in [0, 0.05) is 16.2 Å². The summed E-state index contributed by atoms with van der Waals surface area (Å²) < 4.78 is 21.2. The van der Waals surface area contributed by atoms with E-state index in [0.717, 1.165) is 4.68 Å². The summed E-state index contributed by atoms with van der Waals surface area (Å²) in [4.78, 5) is 29.2. The fraction of sp³-hybridized carbons (Fsp3) is 0.133. The number of pyridine rings is 1. The Balaban J connectivity index is 2.05. The largest absolute Gasteiger partial charge is 0.482 e. The van der Waals surface area contributed by atoms with Crippen LogP contribution in [0.4, 0.5) is 10.2 Å². The van der Waals surface area contributed by atoms with E-state index >= 15 is 0 Å². The molecule has 2 heterocycles. The predicted octanol–water partition coefficient (Wildman–Crippen LogP) is 1.87. The Bertz CT molecular complexity index is 1040. The van der Waals surface area contributed by atoms with Gasteiger partial charge in [-0.2, -0.15) is 0 Å². The smallest absolute Gasteiger partial charge is 0.349 e. The number of nitrogens with two attached hydrogens (primary N) is 1. The van der Waals surface area contributed by atoms with Crippen LogP contribution in [0.15, 0.2) is 44.5 Å². The van der Waals surface area contributed by atoms with Gasteiger partial charge < -0.3 is 10.5 Å². The highest BCUT2D eigenvalue weighted by Crippen LogP contribution is 2.30.